The largest absolute Gasteiger partial charge is 0.444 e. The molecule has 1 aromatic rings. The van der Waals surface area contributed by atoms with Gasteiger partial charge in [0.1, 0.15) is 5.60 Å². The fourth-order valence-corrected chi connectivity index (χ4v) is 2.76. The molecule has 0 aliphatic carbocycles. The van der Waals surface area contributed by atoms with Crippen LogP contribution < -0.4 is 5.73 Å². The summed E-state index contributed by atoms with van der Waals surface area (Å²) in [4.78, 5) is 14.1. The van der Waals surface area contributed by atoms with E-state index in [2.05, 4.69) is 18.2 Å². The van der Waals surface area contributed by atoms with E-state index in [-0.39, 0.29) is 6.09 Å². The summed E-state index contributed by atoms with van der Waals surface area (Å²) < 4.78 is 5.51. The normalized spacial score (nSPS) is 15.2. The van der Waals surface area contributed by atoms with Gasteiger partial charge in [0.05, 0.1) is 0 Å². The van der Waals surface area contributed by atoms with Crippen molar-refractivity contribution in [1.29, 1.82) is 0 Å². The van der Waals surface area contributed by atoms with Crippen LogP contribution in [0.4, 0.5) is 4.79 Å². The molecule has 1 aliphatic rings. The number of benzene rings is 1. The van der Waals surface area contributed by atoms with E-state index in [1.807, 2.05) is 25.7 Å². The average Bonchev–Trinajstić information content (AvgIpc) is 2.65. The van der Waals surface area contributed by atoms with Crippen LogP contribution in [0.25, 0.3) is 0 Å². The van der Waals surface area contributed by atoms with Gasteiger partial charge in [-0.05, 0) is 69.7 Å². The lowest BCUT2D eigenvalue weighted by Crippen LogP contribution is -2.36. The van der Waals surface area contributed by atoms with Crippen LogP contribution in [0.5, 0.6) is 0 Å². The van der Waals surface area contributed by atoms with Crippen LogP contribution >= 0.6 is 0 Å². The molecule has 1 aliphatic heterocycles. The van der Waals surface area contributed by atoms with Crippen LogP contribution in [-0.2, 0) is 24.1 Å². The number of hydrogen-bond donors (Lipinski definition) is 1. The molecule has 0 atom stereocenters. The van der Waals surface area contributed by atoms with Crippen molar-refractivity contribution >= 4 is 6.09 Å². The van der Waals surface area contributed by atoms with Crippen LogP contribution in [0.1, 0.15) is 50.3 Å². The predicted octanol–water partition coefficient (Wildman–Crippen LogP) is 3.26. The Hall–Kier alpha value is -1.55. The van der Waals surface area contributed by atoms with Crippen LogP contribution in [0, 0.1) is 0 Å². The Bertz CT molecular complexity index is 520. The van der Waals surface area contributed by atoms with Gasteiger partial charge >= 0.3 is 6.09 Å². The summed E-state index contributed by atoms with van der Waals surface area (Å²) in [5, 5.41) is 0. The van der Waals surface area contributed by atoms with Gasteiger partial charge < -0.3 is 15.4 Å². The first-order valence-electron chi connectivity index (χ1n) is 8.18. The zero-order valence-electron chi connectivity index (χ0n) is 14.0. The van der Waals surface area contributed by atoms with E-state index >= 15 is 0 Å². The minimum absolute atomic E-state index is 0.215. The molecule has 0 spiro atoms. The number of fused-ring (bicyclic) bond motifs is 1. The lowest BCUT2D eigenvalue weighted by atomic mass is 9.99. The molecule has 1 aromatic carbocycles. The van der Waals surface area contributed by atoms with Gasteiger partial charge in [-0.2, -0.15) is 0 Å². The molecule has 0 saturated carbocycles. The van der Waals surface area contributed by atoms with Crippen molar-refractivity contribution in [3.05, 3.63) is 34.9 Å². The molecule has 1 amide bonds. The molecule has 2 N–H and O–H groups in total. The van der Waals surface area contributed by atoms with Crippen molar-refractivity contribution in [1.82, 2.24) is 4.90 Å². The van der Waals surface area contributed by atoms with Crippen LogP contribution in [-0.4, -0.2) is 29.7 Å². The Balaban J connectivity index is 2.12. The fraction of sp³-hybridized carbons (Fsp3) is 0.611. The van der Waals surface area contributed by atoms with E-state index in [1.54, 1.807) is 0 Å². The number of rotatable bonds is 3. The van der Waals surface area contributed by atoms with Gasteiger partial charge in [0.15, 0.2) is 0 Å². The molecule has 0 saturated heterocycles. The highest BCUT2D eigenvalue weighted by Gasteiger charge is 2.24. The first kappa shape index (κ1) is 16.8. The summed E-state index contributed by atoms with van der Waals surface area (Å²) >= 11 is 0. The molecule has 0 bridgehead atoms. The first-order valence-corrected chi connectivity index (χ1v) is 8.18. The predicted molar refractivity (Wildman–Crippen MR) is 88.8 cm³/mol. The van der Waals surface area contributed by atoms with Crippen molar-refractivity contribution < 1.29 is 9.53 Å². The van der Waals surface area contributed by atoms with Gasteiger partial charge in [-0.25, -0.2) is 4.79 Å². The zero-order valence-corrected chi connectivity index (χ0v) is 14.0. The summed E-state index contributed by atoms with van der Waals surface area (Å²) in [6.07, 6.45) is 3.78. The number of nitrogens with two attached hydrogens (primary N) is 1. The lowest BCUT2D eigenvalue weighted by molar-refractivity contribution is 0.0237. The molecule has 0 aromatic heterocycles. The quantitative estimate of drug-likeness (QED) is 0.932. The van der Waals surface area contributed by atoms with Crippen molar-refractivity contribution in [2.75, 3.05) is 13.1 Å². The second-order valence-corrected chi connectivity index (χ2v) is 7.00. The summed E-state index contributed by atoms with van der Waals surface area (Å²) in [5.41, 5.74) is 9.04. The van der Waals surface area contributed by atoms with Crippen LogP contribution in [0.15, 0.2) is 18.2 Å². The summed E-state index contributed by atoms with van der Waals surface area (Å²) in [6, 6.07) is 6.63. The second kappa shape index (κ2) is 7.14. The van der Waals surface area contributed by atoms with Crippen molar-refractivity contribution in [3.8, 4) is 0 Å². The van der Waals surface area contributed by atoms with E-state index in [0.717, 1.165) is 32.2 Å². The second-order valence-electron chi connectivity index (χ2n) is 7.00. The minimum Gasteiger partial charge on any atom is -0.444 e. The highest BCUT2D eigenvalue weighted by molar-refractivity contribution is 5.68. The maximum absolute atomic E-state index is 12.3. The number of aryl methyl sites for hydroxylation is 2. The van der Waals surface area contributed by atoms with E-state index in [4.69, 9.17) is 10.5 Å². The van der Waals surface area contributed by atoms with Crippen molar-refractivity contribution in [2.45, 2.75) is 58.6 Å². The molecular formula is C18H28N2O2. The maximum Gasteiger partial charge on any atom is 0.410 e. The molecule has 2 rings (SSSR count). The summed E-state index contributed by atoms with van der Waals surface area (Å²) in [6.45, 7) is 7.81. The standard InChI is InChI=1S/C18H28N2O2/c1-18(2,3)22-17(21)20-11-5-7-15-9-8-14(6-4-10-19)12-16(15)13-20/h8-9,12H,4-7,10-11,13,19H2,1-3H3. The highest BCUT2D eigenvalue weighted by Crippen LogP contribution is 2.22. The Morgan fingerprint density at radius 1 is 1.32 bits per heavy atom. The maximum atomic E-state index is 12.3. The third kappa shape index (κ3) is 4.73. The van der Waals surface area contributed by atoms with Gasteiger partial charge in [-0.15, -0.1) is 0 Å². The highest BCUT2D eigenvalue weighted by atomic mass is 16.6. The van der Waals surface area contributed by atoms with E-state index in [9.17, 15) is 4.79 Å². The van der Waals surface area contributed by atoms with Crippen LogP contribution in [0.2, 0.25) is 0 Å². The van der Waals surface area contributed by atoms with Gasteiger partial charge in [0, 0.05) is 13.1 Å². The Kier molecular flexibility index (Phi) is 5.46. The number of carbonyl (C=O) groups is 1. The van der Waals surface area contributed by atoms with Gasteiger partial charge in [0.2, 0.25) is 0 Å². The third-order valence-corrected chi connectivity index (χ3v) is 3.83. The first-order chi connectivity index (χ1) is 10.4. The SMILES string of the molecule is CC(C)(C)OC(=O)N1CCCc2ccc(CCCN)cc2C1. The number of ether oxygens (including phenoxy) is 1. The third-order valence-electron chi connectivity index (χ3n) is 3.83. The molecule has 0 fully saturated rings. The molecule has 1 heterocycles. The topological polar surface area (TPSA) is 55.6 Å². The number of carbonyl (C=O) groups excluding carboxylic acids is 1. The average molecular weight is 304 g/mol. The number of hydrogen-bond acceptors (Lipinski definition) is 3. The molecule has 22 heavy (non-hydrogen) atoms. The Morgan fingerprint density at radius 2 is 2.09 bits per heavy atom. The van der Waals surface area contributed by atoms with E-state index < -0.39 is 5.60 Å². The smallest absolute Gasteiger partial charge is 0.410 e. The Labute approximate surface area is 133 Å². The molecule has 4 heteroatoms. The summed E-state index contributed by atoms with van der Waals surface area (Å²) in [7, 11) is 0. The van der Waals surface area contributed by atoms with Crippen molar-refractivity contribution in [3.63, 3.8) is 0 Å². The van der Waals surface area contributed by atoms with Gasteiger partial charge in [-0.3, -0.25) is 0 Å². The van der Waals surface area contributed by atoms with Gasteiger partial charge in [0.25, 0.3) is 0 Å². The van der Waals surface area contributed by atoms with E-state index in [0.29, 0.717) is 13.1 Å². The molecular weight excluding hydrogens is 276 g/mol. The van der Waals surface area contributed by atoms with Crippen LogP contribution in [0.3, 0.4) is 0 Å². The Morgan fingerprint density at radius 3 is 2.77 bits per heavy atom. The zero-order chi connectivity index (χ0) is 16.2. The number of amides is 1. The van der Waals surface area contributed by atoms with Crippen molar-refractivity contribution in [2.24, 2.45) is 5.73 Å². The molecule has 0 unspecified atom stereocenters. The molecule has 4 nitrogen and oxygen atoms in total. The monoisotopic (exact) mass is 304 g/mol. The van der Waals surface area contributed by atoms with E-state index in [1.165, 1.54) is 16.7 Å². The molecule has 122 valence electrons. The van der Waals surface area contributed by atoms with Gasteiger partial charge in [-0.1, -0.05) is 18.2 Å². The number of nitrogens with zero attached hydrogens (tertiary/aromatic N) is 1. The lowest BCUT2D eigenvalue weighted by Gasteiger charge is -2.26. The minimum atomic E-state index is -0.449. The summed E-state index contributed by atoms with van der Waals surface area (Å²) in [5.74, 6) is 0. The fourth-order valence-electron chi connectivity index (χ4n) is 2.76. The molecule has 0 radical (unpaired) electrons.